The van der Waals surface area contributed by atoms with Crippen LogP contribution in [0, 0.1) is 0 Å². The SMILES string of the molecule is NC(Cc1nc(-c2ccccc2)cs1)c1ccc(Cl)s1. The van der Waals surface area contributed by atoms with E-state index in [2.05, 4.69) is 22.5 Å². The Morgan fingerprint density at radius 3 is 2.65 bits per heavy atom. The number of nitrogens with zero attached hydrogens (tertiary/aromatic N) is 1. The quantitative estimate of drug-likeness (QED) is 0.752. The zero-order valence-electron chi connectivity index (χ0n) is 10.6. The lowest BCUT2D eigenvalue weighted by Gasteiger charge is -2.06. The van der Waals surface area contributed by atoms with Gasteiger partial charge in [0.05, 0.1) is 15.0 Å². The van der Waals surface area contributed by atoms with Crippen molar-refractivity contribution in [2.24, 2.45) is 5.73 Å². The van der Waals surface area contributed by atoms with Gasteiger partial charge in [0, 0.05) is 28.3 Å². The molecule has 0 aliphatic heterocycles. The summed E-state index contributed by atoms with van der Waals surface area (Å²) in [7, 11) is 0. The molecule has 20 heavy (non-hydrogen) atoms. The molecule has 2 aromatic heterocycles. The van der Waals surface area contributed by atoms with Crippen molar-refractivity contribution < 1.29 is 0 Å². The fraction of sp³-hybridized carbons (Fsp3) is 0.133. The van der Waals surface area contributed by atoms with Crippen LogP contribution < -0.4 is 5.73 Å². The summed E-state index contributed by atoms with van der Waals surface area (Å²) in [6.45, 7) is 0. The first-order chi connectivity index (χ1) is 9.72. The van der Waals surface area contributed by atoms with Crippen LogP contribution in [0.2, 0.25) is 4.34 Å². The van der Waals surface area contributed by atoms with Gasteiger partial charge >= 0.3 is 0 Å². The van der Waals surface area contributed by atoms with E-state index >= 15 is 0 Å². The first-order valence-corrected chi connectivity index (χ1v) is 8.30. The summed E-state index contributed by atoms with van der Waals surface area (Å²) in [5, 5.41) is 3.14. The lowest BCUT2D eigenvalue weighted by atomic mass is 10.2. The minimum absolute atomic E-state index is 0.0396. The maximum Gasteiger partial charge on any atom is 0.0951 e. The largest absolute Gasteiger partial charge is 0.323 e. The van der Waals surface area contributed by atoms with E-state index in [0.717, 1.165) is 31.9 Å². The third-order valence-electron chi connectivity index (χ3n) is 2.98. The molecule has 0 aliphatic carbocycles. The molecular formula is C15H13ClN2S2. The fourth-order valence-corrected chi connectivity index (χ4v) is 3.89. The van der Waals surface area contributed by atoms with Crippen LogP contribution in [0.1, 0.15) is 15.9 Å². The molecule has 0 fully saturated rings. The molecule has 0 saturated heterocycles. The van der Waals surface area contributed by atoms with Gasteiger partial charge in [-0.2, -0.15) is 0 Å². The lowest BCUT2D eigenvalue weighted by Crippen LogP contribution is -2.11. The molecule has 1 unspecified atom stereocenters. The highest BCUT2D eigenvalue weighted by Gasteiger charge is 2.12. The van der Waals surface area contributed by atoms with Crippen LogP contribution in [0.5, 0.6) is 0 Å². The number of hydrogen-bond donors (Lipinski definition) is 1. The number of aromatic nitrogens is 1. The molecule has 2 N–H and O–H groups in total. The molecule has 102 valence electrons. The van der Waals surface area contributed by atoms with E-state index in [1.807, 2.05) is 30.3 Å². The molecule has 5 heteroatoms. The van der Waals surface area contributed by atoms with Gasteiger partial charge in [-0.3, -0.25) is 0 Å². The molecule has 3 aromatic rings. The summed E-state index contributed by atoms with van der Waals surface area (Å²) in [6.07, 6.45) is 0.744. The smallest absolute Gasteiger partial charge is 0.0951 e. The van der Waals surface area contributed by atoms with Crippen molar-refractivity contribution in [3.63, 3.8) is 0 Å². The summed E-state index contributed by atoms with van der Waals surface area (Å²) in [6, 6.07) is 14.0. The molecule has 0 radical (unpaired) electrons. The van der Waals surface area contributed by atoms with Gasteiger partial charge in [-0.1, -0.05) is 41.9 Å². The van der Waals surface area contributed by atoms with Crippen molar-refractivity contribution in [3.05, 3.63) is 62.1 Å². The van der Waals surface area contributed by atoms with E-state index < -0.39 is 0 Å². The topological polar surface area (TPSA) is 38.9 Å². The molecule has 1 aromatic carbocycles. The second-order valence-corrected chi connectivity index (χ2v) is 7.13. The van der Waals surface area contributed by atoms with Crippen LogP contribution in [-0.2, 0) is 6.42 Å². The van der Waals surface area contributed by atoms with E-state index in [1.165, 1.54) is 11.3 Å². The van der Waals surface area contributed by atoms with Crippen molar-refractivity contribution in [2.45, 2.75) is 12.5 Å². The Morgan fingerprint density at radius 2 is 1.95 bits per heavy atom. The van der Waals surface area contributed by atoms with Gasteiger partial charge in [0.2, 0.25) is 0 Å². The van der Waals surface area contributed by atoms with Crippen LogP contribution in [0.4, 0.5) is 0 Å². The minimum atomic E-state index is -0.0396. The summed E-state index contributed by atoms with van der Waals surface area (Å²) in [5.41, 5.74) is 8.36. The molecule has 1 atom stereocenters. The van der Waals surface area contributed by atoms with E-state index in [0.29, 0.717) is 0 Å². The lowest BCUT2D eigenvalue weighted by molar-refractivity contribution is 0.732. The molecule has 2 heterocycles. The maximum absolute atomic E-state index is 6.21. The molecule has 0 aliphatic rings. The number of halogens is 1. The van der Waals surface area contributed by atoms with Gasteiger partial charge in [0.25, 0.3) is 0 Å². The van der Waals surface area contributed by atoms with Gasteiger partial charge in [-0.25, -0.2) is 4.98 Å². The van der Waals surface area contributed by atoms with Crippen LogP contribution in [0.15, 0.2) is 47.8 Å². The number of rotatable bonds is 4. The molecule has 0 spiro atoms. The predicted octanol–water partition coefficient (Wildman–Crippen LogP) is 4.77. The van der Waals surface area contributed by atoms with Crippen molar-refractivity contribution in [3.8, 4) is 11.3 Å². The second-order valence-electron chi connectivity index (χ2n) is 4.45. The summed E-state index contributed by atoms with van der Waals surface area (Å²) < 4.78 is 0.777. The predicted molar refractivity (Wildman–Crippen MR) is 87.5 cm³/mol. The van der Waals surface area contributed by atoms with E-state index in [-0.39, 0.29) is 6.04 Å². The monoisotopic (exact) mass is 320 g/mol. The van der Waals surface area contributed by atoms with Gasteiger partial charge in [0.1, 0.15) is 0 Å². The Bertz CT molecular complexity index is 691. The molecule has 2 nitrogen and oxygen atoms in total. The zero-order valence-corrected chi connectivity index (χ0v) is 13.0. The minimum Gasteiger partial charge on any atom is -0.323 e. The van der Waals surface area contributed by atoms with Crippen LogP contribution in [0.25, 0.3) is 11.3 Å². The third-order valence-corrected chi connectivity index (χ3v) is 5.21. The number of nitrogens with two attached hydrogens (primary N) is 1. The maximum atomic E-state index is 6.21. The summed E-state index contributed by atoms with van der Waals surface area (Å²) in [5.74, 6) is 0. The van der Waals surface area contributed by atoms with Crippen LogP contribution in [-0.4, -0.2) is 4.98 Å². The second kappa shape index (κ2) is 6.06. The molecule has 0 bridgehead atoms. The Balaban J connectivity index is 1.74. The standard InChI is InChI=1S/C15H13ClN2S2/c16-14-7-6-13(20-14)11(17)8-15-18-12(9-19-15)10-4-2-1-3-5-10/h1-7,9,11H,8,17H2. The zero-order chi connectivity index (χ0) is 13.9. The normalized spacial score (nSPS) is 12.5. The van der Waals surface area contributed by atoms with E-state index in [4.69, 9.17) is 17.3 Å². The summed E-state index contributed by atoms with van der Waals surface area (Å²) in [4.78, 5) is 5.77. The molecule has 3 rings (SSSR count). The van der Waals surface area contributed by atoms with E-state index in [9.17, 15) is 0 Å². The Morgan fingerprint density at radius 1 is 1.15 bits per heavy atom. The van der Waals surface area contributed by atoms with Gasteiger partial charge < -0.3 is 5.73 Å². The van der Waals surface area contributed by atoms with Gasteiger partial charge in [-0.15, -0.1) is 22.7 Å². The fourth-order valence-electron chi connectivity index (χ4n) is 1.96. The van der Waals surface area contributed by atoms with E-state index in [1.54, 1.807) is 11.3 Å². The van der Waals surface area contributed by atoms with Crippen molar-refractivity contribution >= 4 is 34.3 Å². The van der Waals surface area contributed by atoms with Crippen molar-refractivity contribution in [1.82, 2.24) is 4.98 Å². The molecule has 0 amide bonds. The Labute approximate surface area is 130 Å². The molecule has 0 saturated carbocycles. The highest BCUT2D eigenvalue weighted by molar-refractivity contribution is 7.16. The molecular weight excluding hydrogens is 308 g/mol. The third kappa shape index (κ3) is 3.10. The number of hydrogen-bond acceptors (Lipinski definition) is 4. The van der Waals surface area contributed by atoms with Crippen LogP contribution in [0.3, 0.4) is 0 Å². The number of thiophene rings is 1. The van der Waals surface area contributed by atoms with Gasteiger partial charge in [0.15, 0.2) is 0 Å². The number of benzene rings is 1. The van der Waals surface area contributed by atoms with Crippen molar-refractivity contribution in [1.29, 1.82) is 0 Å². The Kier molecular flexibility index (Phi) is 4.17. The first-order valence-electron chi connectivity index (χ1n) is 6.23. The van der Waals surface area contributed by atoms with Crippen molar-refractivity contribution in [2.75, 3.05) is 0 Å². The highest BCUT2D eigenvalue weighted by atomic mass is 35.5. The Hall–Kier alpha value is -1.20. The van der Waals surface area contributed by atoms with Crippen LogP contribution >= 0.6 is 34.3 Å². The highest BCUT2D eigenvalue weighted by Crippen LogP contribution is 2.29. The first kappa shape index (κ1) is 13.8. The van der Waals surface area contributed by atoms with Gasteiger partial charge in [-0.05, 0) is 12.1 Å². The summed E-state index contributed by atoms with van der Waals surface area (Å²) >= 11 is 9.13. The number of thiazole rings is 1. The average Bonchev–Trinajstić information content (AvgIpc) is 3.09. The average molecular weight is 321 g/mol.